The van der Waals surface area contributed by atoms with E-state index in [1.54, 1.807) is 7.11 Å². The Morgan fingerprint density at radius 3 is 2.47 bits per heavy atom. The molecule has 47 heavy (non-hydrogen) atoms. The van der Waals surface area contributed by atoms with E-state index in [-0.39, 0.29) is 23.9 Å². The maximum atomic E-state index is 13.9. The number of likely N-dealkylation sites (tertiary alicyclic amines) is 1. The standard InChI is InChI=1S/C37H40N8O2/c1-22-17-43(23(2)33(22)39)37(46)28-13-30-34(32(15-28)47-3)45(21-26-18-42(19-26)29-10-8-24(16-38)9-11-29)36(41-30)31-14-27-5-4-12-40-35(27)44(31)20-25-6-7-25/h4-5,8-15,22-23,25-26,33H,6-7,17-21,39H2,1-3H3/t22?,23?,33-/m1/s1. The predicted octanol–water partition coefficient (Wildman–Crippen LogP) is 5.29. The summed E-state index contributed by atoms with van der Waals surface area (Å²) in [5.41, 5.74) is 12.4. The molecule has 2 aliphatic heterocycles. The Kier molecular flexibility index (Phi) is 7.17. The van der Waals surface area contributed by atoms with E-state index < -0.39 is 0 Å². The molecule has 3 aromatic heterocycles. The highest BCUT2D eigenvalue weighted by Crippen LogP contribution is 2.39. The molecule has 240 valence electrons. The number of ether oxygens (including phenoxy) is 1. The van der Waals surface area contributed by atoms with Gasteiger partial charge in [0.2, 0.25) is 0 Å². The number of nitrogens with zero attached hydrogens (tertiary/aromatic N) is 7. The molecule has 3 atom stereocenters. The number of benzene rings is 2. The summed E-state index contributed by atoms with van der Waals surface area (Å²) in [6.45, 7) is 8.19. The Hall–Kier alpha value is -4.88. The molecule has 0 spiro atoms. The monoisotopic (exact) mass is 628 g/mol. The van der Waals surface area contributed by atoms with Gasteiger partial charge in [0.25, 0.3) is 5.91 Å². The summed E-state index contributed by atoms with van der Waals surface area (Å²) < 4.78 is 10.7. The average molecular weight is 629 g/mol. The molecule has 3 aliphatic rings. The zero-order valence-corrected chi connectivity index (χ0v) is 27.1. The van der Waals surface area contributed by atoms with E-state index in [0.717, 1.165) is 65.5 Å². The first kappa shape index (κ1) is 29.5. The topological polar surface area (TPSA) is 118 Å². The van der Waals surface area contributed by atoms with Gasteiger partial charge in [-0.3, -0.25) is 4.79 Å². The average Bonchev–Trinajstić information content (AvgIpc) is 3.65. The molecule has 0 bridgehead atoms. The van der Waals surface area contributed by atoms with Crippen LogP contribution in [0.25, 0.3) is 33.6 Å². The largest absolute Gasteiger partial charge is 0.494 e. The Labute approximate surface area is 274 Å². The highest BCUT2D eigenvalue weighted by molar-refractivity contribution is 6.00. The fourth-order valence-corrected chi connectivity index (χ4v) is 7.51. The number of amides is 1. The van der Waals surface area contributed by atoms with Crippen LogP contribution in [0, 0.1) is 29.1 Å². The van der Waals surface area contributed by atoms with E-state index >= 15 is 0 Å². The molecule has 2 saturated heterocycles. The lowest BCUT2D eigenvalue weighted by molar-refractivity contribution is 0.0739. The van der Waals surface area contributed by atoms with Gasteiger partial charge in [-0.2, -0.15) is 5.26 Å². The second kappa shape index (κ2) is 11.4. The van der Waals surface area contributed by atoms with Crippen molar-refractivity contribution < 1.29 is 9.53 Å². The minimum atomic E-state index is -0.0521. The van der Waals surface area contributed by atoms with E-state index in [0.29, 0.717) is 35.3 Å². The molecule has 5 heterocycles. The van der Waals surface area contributed by atoms with Gasteiger partial charge in [-0.05, 0) is 86.2 Å². The molecule has 1 amide bonds. The van der Waals surface area contributed by atoms with Gasteiger partial charge < -0.3 is 29.4 Å². The predicted molar refractivity (Wildman–Crippen MR) is 182 cm³/mol. The van der Waals surface area contributed by atoms with E-state index in [9.17, 15) is 10.1 Å². The second-order valence-electron chi connectivity index (χ2n) is 13.8. The van der Waals surface area contributed by atoms with Crippen LogP contribution in [0.1, 0.15) is 42.6 Å². The number of anilines is 1. The molecule has 5 aromatic rings. The molecule has 10 heteroatoms. The van der Waals surface area contributed by atoms with Crippen molar-refractivity contribution >= 4 is 33.7 Å². The lowest BCUT2D eigenvalue weighted by Crippen LogP contribution is -2.48. The summed E-state index contributed by atoms with van der Waals surface area (Å²) in [7, 11) is 1.67. The number of imidazole rings is 1. The third-order valence-electron chi connectivity index (χ3n) is 10.5. The van der Waals surface area contributed by atoms with Crippen LogP contribution in [0.2, 0.25) is 0 Å². The van der Waals surface area contributed by atoms with Crippen molar-refractivity contribution in [3.63, 3.8) is 0 Å². The van der Waals surface area contributed by atoms with Crippen molar-refractivity contribution in [1.29, 1.82) is 5.26 Å². The molecule has 2 unspecified atom stereocenters. The quantitative estimate of drug-likeness (QED) is 0.248. The van der Waals surface area contributed by atoms with Crippen molar-refractivity contribution in [1.82, 2.24) is 24.0 Å². The number of pyridine rings is 1. The van der Waals surface area contributed by atoms with Crippen LogP contribution in [-0.2, 0) is 13.1 Å². The number of fused-ring (bicyclic) bond motifs is 2. The number of nitriles is 1. The van der Waals surface area contributed by atoms with Gasteiger partial charge in [0.15, 0.2) is 5.82 Å². The number of methoxy groups -OCH3 is 1. The van der Waals surface area contributed by atoms with Crippen LogP contribution < -0.4 is 15.4 Å². The molecule has 8 rings (SSSR count). The SMILES string of the molecule is COc1cc(C(=O)N2CC(C)[C@@H](N)C2C)cc2nc(-c3cc4cccnc4n3CC3CC3)n(CC3CN(c4ccc(C#N)cc4)C3)c12. The zero-order valence-electron chi connectivity index (χ0n) is 27.1. The Morgan fingerprint density at radius 1 is 1.02 bits per heavy atom. The minimum absolute atomic E-state index is 0.0438. The van der Waals surface area contributed by atoms with Crippen molar-refractivity contribution in [2.75, 3.05) is 31.6 Å². The van der Waals surface area contributed by atoms with Gasteiger partial charge in [0.1, 0.15) is 16.9 Å². The third kappa shape index (κ3) is 5.10. The van der Waals surface area contributed by atoms with Gasteiger partial charge in [-0.25, -0.2) is 9.97 Å². The summed E-state index contributed by atoms with van der Waals surface area (Å²) >= 11 is 0. The lowest BCUT2D eigenvalue weighted by atomic mass is 9.98. The molecule has 2 N–H and O–H groups in total. The number of hydrogen-bond donors (Lipinski definition) is 1. The molecular weight excluding hydrogens is 588 g/mol. The van der Waals surface area contributed by atoms with E-state index in [2.05, 4.69) is 39.2 Å². The molecule has 10 nitrogen and oxygen atoms in total. The van der Waals surface area contributed by atoms with Crippen molar-refractivity contribution in [3.8, 4) is 23.3 Å². The Balaban J connectivity index is 1.21. The third-order valence-corrected chi connectivity index (χ3v) is 10.5. The molecule has 0 radical (unpaired) electrons. The summed E-state index contributed by atoms with van der Waals surface area (Å²) in [5.74, 6) is 2.72. The fraction of sp³-hybridized carbons (Fsp3) is 0.405. The van der Waals surface area contributed by atoms with Crippen LogP contribution in [0.4, 0.5) is 5.69 Å². The van der Waals surface area contributed by atoms with Crippen molar-refractivity contribution in [2.24, 2.45) is 23.5 Å². The summed E-state index contributed by atoms with van der Waals surface area (Å²) in [5, 5.41) is 10.3. The van der Waals surface area contributed by atoms with E-state index in [1.165, 1.54) is 12.8 Å². The number of rotatable bonds is 8. The van der Waals surface area contributed by atoms with Crippen LogP contribution in [0.5, 0.6) is 5.75 Å². The summed E-state index contributed by atoms with van der Waals surface area (Å²) in [4.78, 5) is 28.2. The summed E-state index contributed by atoms with van der Waals surface area (Å²) in [6.07, 6.45) is 4.32. The van der Waals surface area contributed by atoms with Gasteiger partial charge in [0, 0.05) is 73.6 Å². The Morgan fingerprint density at radius 2 is 1.79 bits per heavy atom. The fourth-order valence-electron chi connectivity index (χ4n) is 7.51. The van der Waals surface area contributed by atoms with Gasteiger partial charge >= 0.3 is 0 Å². The molecule has 1 saturated carbocycles. The zero-order chi connectivity index (χ0) is 32.4. The first-order chi connectivity index (χ1) is 22.8. The molecule has 1 aliphatic carbocycles. The first-order valence-corrected chi connectivity index (χ1v) is 16.7. The maximum absolute atomic E-state index is 13.9. The second-order valence-corrected chi connectivity index (χ2v) is 13.8. The normalized spacial score (nSPS) is 21.4. The number of nitrogens with two attached hydrogens (primary N) is 1. The van der Waals surface area contributed by atoms with Crippen molar-refractivity contribution in [2.45, 2.75) is 51.9 Å². The first-order valence-electron chi connectivity index (χ1n) is 16.7. The Bertz CT molecular complexity index is 2030. The van der Waals surface area contributed by atoms with Crippen LogP contribution in [-0.4, -0.2) is 68.7 Å². The van der Waals surface area contributed by atoms with E-state index in [1.807, 2.05) is 60.5 Å². The van der Waals surface area contributed by atoms with E-state index in [4.69, 9.17) is 20.4 Å². The van der Waals surface area contributed by atoms with Crippen LogP contribution in [0.3, 0.4) is 0 Å². The van der Waals surface area contributed by atoms with Gasteiger partial charge in [0.05, 0.1) is 30.0 Å². The highest BCUT2D eigenvalue weighted by Gasteiger charge is 2.38. The minimum Gasteiger partial charge on any atom is -0.494 e. The number of hydrogen-bond acceptors (Lipinski definition) is 7. The lowest BCUT2D eigenvalue weighted by Gasteiger charge is -2.41. The van der Waals surface area contributed by atoms with Gasteiger partial charge in [-0.1, -0.05) is 6.92 Å². The maximum Gasteiger partial charge on any atom is 0.254 e. The number of aromatic nitrogens is 4. The summed E-state index contributed by atoms with van der Waals surface area (Å²) in [6, 6.07) is 20.0. The van der Waals surface area contributed by atoms with Crippen LogP contribution >= 0.6 is 0 Å². The molecule has 3 fully saturated rings. The number of carbonyl (C=O) groups excluding carboxylic acids is 1. The molecule has 2 aromatic carbocycles. The van der Waals surface area contributed by atoms with Crippen molar-refractivity contribution in [3.05, 3.63) is 71.9 Å². The van der Waals surface area contributed by atoms with Crippen LogP contribution in [0.15, 0.2) is 60.8 Å². The molecular formula is C37H40N8O2. The highest BCUT2D eigenvalue weighted by atomic mass is 16.5. The number of carbonyl (C=O) groups is 1. The van der Waals surface area contributed by atoms with Gasteiger partial charge in [-0.15, -0.1) is 0 Å². The smallest absolute Gasteiger partial charge is 0.254 e.